The minimum atomic E-state index is -0.185. The van der Waals surface area contributed by atoms with E-state index < -0.39 is 0 Å². The zero-order valence-electron chi connectivity index (χ0n) is 25.4. The van der Waals surface area contributed by atoms with Crippen LogP contribution in [0.15, 0.2) is 60.9 Å². The zero-order valence-corrected chi connectivity index (χ0v) is 25.4. The highest BCUT2D eigenvalue weighted by Gasteiger charge is 2.21. The minimum absolute atomic E-state index is 0.0322. The number of fused-ring (bicyclic) bond motifs is 1. The standard InChI is InChI=1S/C33H39N7O3/c1-21-10-11-25(17-27(21)33(43)39(5)13-7-15-41)30-23(3)37-40-29(18-28(22(2)20-42)36-32(30)40)35-19-24-8-6-9-26(16-24)31-34-12-14-38(31)4/h6,8-12,14,16-18,22,35,41-42H,7,13,15,19-20H2,1-5H3. The molecule has 0 radical (unpaired) electrons. The number of carbonyl (C=O) groups is 1. The summed E-state index contributed by atoms with van der Waals surface area (Å²) in [7, 11) is 3.73. The molecule has 224 valence electrons. The molecule has 0 bridgehead atoms. The Labute approximate surface area is 251 Å². The third-order valence-electron chi connectivity index (χ3n) is 7.80. The van der Waals surface area contributed by atoms with Crippen LogP contribution in [-0.4, -0.2) is 72.0 Å². The predicted octanol–water partition coefficient (Wildman–Crippen LogP) is 4.58. The third kappa shape index (κ3) is 6.16. The quantitative estimate of drug-likeness (QED) is 0.209. The number of aliphatic hydroxyl groups excluding tert-OH is 2. The van der Waals surface area contributed by atoms with E-state index in [0.717, 1.165) is 50.8 Å². The monoisotopic (exact) mass is 581 g/mol. The predicted molar refractivity (Wildman–Crippen MR) is 168 cm³/mol. The van der Waals surface area contributed by atoms with Crippen molar-refractivity contribution < 1.29 is 15.0 Å². The second kappa shape index (κ2) is 12.8. The van der Waals surface area contributed by atoms with E-state index in [-0.39, 0.29) is 25.0 Å². The van der Waals surface area contributed by atoms with Gasteiger partial charge in [0.25, 0.3) is 5.91 Å². The summed E-state index contributed by atoms with van der Waals surface area (Å²) in [6.07, 6.45) is 4.24. The maximum atomic E-state index is 13.3. The Kier molecular flexibility index (Phi) is 8.89. The van der Waals surface area contributed by atoms with Crippen molar-refractivity contribution in [3.05, 3.63) is 89.0 Å². The fourth-order valence-electron chi connectivity index (χ4n) is 5.23. The molecule has 0 saturated heterocycles. The lowest BCUT2D eigenvalue weighted by atomic mass is 9.99. The van der Waals surface area contributed by atoms with Gasteiger partial charge in [-0.15, -0.1) is 0 Å². The molecule has 1 unspecified atom stereocenters. The summed E-state index contributed by atoms with van der Waals surface area (Å²) in [5.41, 5.74) is 7.42. The molecule has 43 heavy (non-hydrogen) atoms. The molecule has 0 aliphatic heterocycles. The number of amides is 1. The Morgan fingerprint density at radius 3 is 2.63 bits per heavy atom. The molecule has 3 aromatic heterocycles. The second-order valence-corrected chi connectivity index (χ2v) is 11.1. The smallest absolute Gasteiger partial charge is 0.253 e. The van der Waals surface area contributed by atoms with Gasteiger partial charge in [-0.25, -0.2) is 9.97 Å². The van der Waals surface area contributed by atoms with Crippen LogP contribution >= 0.6 is 0 Å². The average molecular weight is 582 g/mol. The molecule has 5 rings (SSSR count). The van der Waals surface area contributed by atoms with Crippen molar-refractivity contribution >= 4 is 17.4 Å². The largest absolute Gasteiger partial charge is 0.396 e. The number of anilines is 1. The molecule has 0 aliphatic carbocycles. The number of aryl methyl sites for hydroxylation is 3. The summed E-state index contributed by atoms with van der Waals surface area (Å²) in [4.78, 5) is 24.3. The first-order chi connectivity index (χ1) is 20.7. The molecule has 0 aliphatic rings. The lowest BCUT2D eigenvalue weighted by Gasteiger charge is -2.18. The molecule has 5 aromatic rings. The number of aromatic nitrogens is 5. The number of nitrogens with zero attached hydrogens (tertiary/aromatic N) is 6. The number of carbonyl (C=O) groups excluding carboxylic acids is 1. The molecule has 10 nitrogen and oxygen atoms in total. The normalized spacial score (nSPS) is 12.1. The number of nitrogens with one attached hydrogen (secondary N) is 1. The summed E-state index contributed by atoms with van der Waals surface area (Å²) >= 11 is 0. The van der Waals surface area contributed by atoms with Crippen molar-refractivity contribution in [3.8, 4) is 22.5 Å². The topological polar surface area (TPSA) is 121 Å². The van der Waals surface area contributed by atoms with Crippen LogP contribution in [0, 0.1) is 13.8 Å². The van der Waals surface area contributed by atoms with Crippen molar-refractivity contribution in [3.63, 3.8) is 0 Å². The molecule has 3 heterocycles. The van der Waals surface area contributed by atoms with Gasteiger partial charge >= 0.3 is 0 Å². The number of benzene rings is 2. The van der Waals surface area contributed by atoms with Crippen molar-refractivity contribution in [2.45, 2.75) is 39.7 Å². The van der Waals surface area contributed by atoms with Gasteiger partial charge in [-0.2, -0.15) is 9.61 Å². The summed E-state index contributed by atoms with van der Waals surface area (Å²) in [5.74, 6) is 1.37. The molecular formula is C33H39N7O3. The number of imidazole rings is 1. The number of hydrogen-bond acceptors (Lipinski definition) is 7. The van der Waals surface area contributed by atoms with Crippen LogP contribution < -0.4 is 5.32 Å². The Morgan fingerprint density at radius 2 is 1.91 bits per heavy atom. The van der Waals surface area contributed by atoms with Crippen LogP contribution in [-0.2, 0) is 13.6 Å². The fourth-order valence-corrected chi connectivity index (χ4v) is 5.23. The molecule has 1 amide bonds. The first-order valence-electron chi connectivity index (χ1n) is 14.5. The van der Waals surface area contributed by atoms with E-state index in [0.29, 0.717) is 30.7 Å². The summed E-state index contributed by atoms with van der Waals surface area (Å²) in [6, 6.07) is 16.0. The van der Waals surface area contributed by atoms with Gasteiger partial charge in [0.05, 0.1) is 18.0 Å². The molecule has 0 fully saturated rings. The van der Waals surface area contributed by atoms with Gasteiger partial charge in [0.1, 0.15) is 11.6 Å². The summed E-state index contributed by atoms with van der Waals surface area (Å²) in [6.45, 7) is 6.80. The van der Waals surface area contributed by atoms with Crippen molar-refractivity contribution in [1.82, 2.24) is 29.0 Å². The van der Waals surface area contributed by atoms with E-state index in [9.17, 15) is 15.0 Å². The average Bonchev–Trinajstić information content (AvgIpc) is 3.60. The maximum Gasteiger partial charge on any atom is 0.253 e. The van der Waals surface area contributed by atoms with Gasteiger partial charge in [0.2, 0.25) is 0 Å². The molecule has 0 saturated carbocycles. The van der Waals surface area contributed by atoms with E-state index in [2.05, 4.69) is 22.4 Å². The lowest BCUT2D eigenvalue weighted by Crippen LogP contribution is -2.28. The van der Waals surface area contributed by atoms with E-state index >= 15 is 0 Å². The van der Waals surface area contributed by atoms with Crippen molar-refractivity contribution in [1.29, 1.82) is 0 Å². The molecule has 2 aromatic carbocycles. The molecule has 3 N–H and O–H groups in total. The SMILES string of the molecule is Cc1ccc(-c2c(C)nn3c(NCc4cccc(-c5nccn5C)c4)cc(C(C)CO)nc23)cc1C(=O)N(C)CCCO. The Balaban J connectivity index is 1.54. The van der Waals surface area contributed by atoms with Gasteiger partial charge in [-0.1, -0.05) is 37.3 Å². The van der Waals surface area contributed by atoms with Gasteiger partial charge in [-0.3, -0.25) is 4.79 Å². The van der Waals surface area contributed by atoms with Gasteiger partial charge < -0.3 is 25.0 Å². The highest BCUT2D eigenvalue weighted by Crippen LogP contribution is 2.32. The van der Waals surface area contributed by atoms with Crippen LogP contribution in [0.1, 0.15) is 52.1 Å². The Bertz CT molecular complexity index is 1760. The van der Waals surface area contributed by atoms with E-state index in [1.165, 1.54) is 0 Å². The van der Waals surface area contributed by atoms with E-state index in [1.54, 1.807) is 22.7 Å². The van der Waals surface area contributed by atoms with Gasteiger partial charge in [0.15, 0.2) is 5.65 Å². The number of hydrogen-bond donors (Lipinski definition) is 3. The van der Waals surface area contributed by atoms with Crippen LogP contribution in [0.3, 0.4) is 0 Å². The highest BCUT2D eigenvalue weighted by atomic mass is 16.3. The molecule has 10 heteroatoms. The zero-order chi connectivity index (χ0) is 30.7. The van der Waals surface area contributed by atoms with Crippen molar-refractivity contribution in [2.75, 3.05) is 32.1 Å². The lowest BCUT2D eigenvalue weighted by molar-refractivity contribution is 0.0785. The third-order valence-corrected chi connectivity index (χ3v) is 7.80. The maximum absolute atomic E-state index is 13.3. The van der Waals surface area contributed by atoms with E-state index in [1.807, 2.05) is 75.0 Å². The number of aliphatic hydroxyl groups is 2. The van der Waals surface area contributed by atoms with Gasteiger partial charge in [-0.05, 0) is 49.1 Å². The summed E-state index contributed by atoms with van der Waals surface area (Å²) in [5, 5.41) is 27.6. The fraction of sp³-hybridized carbons (Fsp3) is 0.333. The van der Waals surface area contributed by atoms with Crippen molar-refractivity contribution in [2.24, 2.45) is 7.05 Å². The molecule has 0 spiro atoms. The first-order valence-corrected chi connectivity index (χ1v) is 14.5. The van der Waals surface area contributed by atoms with Gasteiger partial charge in [0, 0.05) is 74.9 Å². The summed E-state index contributed by atoms with van der Waals surface area (Å²) < 4.78 is 3.79. The molecular weight excluding hydrogens is 542 g/mol. The van der Waals surface area contributed by atoms with Crippen LogP contribution in [0.25, 0.3) is 28.2 Å². The highest BCUT2D eigenvalue weighted by molar-refractivity contribution is 5.97. The Hall–Kier alpha value is -4.54. The molecule has 1 atom stereocenters. The van der Waals surface area contributed by atoms with E-state index in [4.69, 9.17) is 10.1 Å². The van der Waals surface area contributed by atoms with Crippen LogP contribution in [0.2, 0.25) is 0 Å². The van der Waals surface area contributed by atoms with Crippen LogP contribution in [0.4, 0.5) is 5.82 Å². The van der Waals surface area contributed by atoms with Crippen LogP contribution in [0.5, 0.6) is 0 Å². The minimum Gasteiger partial charge on any atom is -0.396 e. The number of rotatable bonds is 11. The second-order valence-electron chi connectivity index (χ2n) is 11.1. The Morgan fingerprint density at radius 1 is 1.09 bits per heavy atom. The first kappa shape index (κ1) is 29.9.